The molecule has 0 fully saturated rings. The molecule has 1 aromatic carbocycles. The maximum atomic E-state index is 11.0. The van der Waals surface area contributed by atoms with Crippen molar-refractivity contribution in [2.24, 2.45) is 0 Å². The third kappa shape index (κ3) is 3.94. The first-order valence-electron chi connectivity index (χ1n) is 7.74. The predicted octanol–water partition coefficient (Wildman–Crippen LogP) is -2.01. The minimum Gasteiger partial charge on any atom is -0.481 e. The van der Waals surface area contributed by atoms with Gasteiger partial charge in [0, 0.05) is 5.56 Å². The summed E-state index contributed by atoms with van der Waals surface area (Å²) in [6.07, 6.45) is 0. The lowest BCUT2D eigenvalue weighted by Gasteiger charge is -2.32. The van der Waals surface area contributed by atoms with Gasteiger partial charge in [-0.3, -0.25) is 4.79 Å². The van der Waals surface area contributed by atoms with Crippen LogP contribution in [0.5, 0.6) is 0 Å². The van der Waals surface area contributed by atoms with Crippen LogP contribution in [0.3, 0.4) is 0 Å². The second kappa shape index (κ2) is 7.17. The topological polar surface area (TPSA) is 226 Å². The molecule has 0 bridgehead atoms. The molecule has 28 heavy (non-hydrogen) atoms. The Morgan fingerprint density at radius 2 is 1.64 bits per heavy atom. The molecule has 1 atom stereocenters. The van der Waals surface area contributed by atoms with Gasteiger partial charge in [-0.15, -0.1) is 0 Å². The summed E-state index contributed by atoms with van der Waals surface area (Å²) in [4.78, 5) is 11.0. The van der Waals surface area contributed by atoms with Crippen molar-refractivity contribution in [3.63, 3.8) is 0 Å². The highest BCUT2D eigenvalue weighted by atomic mass is 16.7. The van der Waals surface area contributed by atoms with Crippen LogP contribution in [0.2, 0.25) is 0 Å². The number of benzene rings is 1. The zero-order valence-corrected chi connectivity index (χ0v) is 14.4. The fourth-order valence-corrected chi connectivity index (χ4v) is 2.62. The molecule has 0 saturated carbocycles. The van der Waals surface area contributed by atoms with Gasteiger partial charge in [-0.25, -0.2) is 4.68 Å². The average molecular weight is 394 g/mol. The summed E-state index contributed by atoms with van der Waals surface area (Å²) in [5.41, 5.74) is 5.94. The van der Waals surface area contributed by atoms with Gasteiger partial charge in [0.15, 0.2) is 0 Å². The molecule has 1 unspecified atom stereocenters. The Hall–Kier alpha value is -3.05. The quantitative estimate of drug-likeness (QED) is 0.250. The van der Waals surface area contributed by atoms with Gasteiger partial charge in [0.05, 0.1) is 5.92 Å². The Bertz CT molecular complexity index is 904. The lowest BCUT2D eigenvalue weighted by atomic mass is 9.98. The molecule has 12 nitrogen and oxygen atoms in total. The van der Waals surface area contributed by atoms with Crippen molar-refractivity contribution >= 4 is 11.8 Å². The van der Waals surface area contributed by atoms with Gasteiger partial charge in [-0.05, 0) is 12.5 Å². The molecule has 12 heteroatoms. The molecule has 2 aromatic rings. The summed E-state index contributed by atoms with van der Waals surface area (Å²) in [5.74, 6) is -10.2. The first kappa shape index (κ1) is 21.3. The molecule has 0 spiro atoms. The minimum atomic E-state index is -3.87. The predicted molar refractivity (Wildman–Crippen MR) is 90.7 cm³/mol. The second-order valence-electron chi connectivity index (χ2n) is 6.12. The zero-order chi connectivity index (χ0) is 21.4. The van der Waals surface area contributed by atoms with Gasteiger partial charge in [0.1, 0.15) is 23.1 Å². The molecule has 0 amide bonds. The molecular formula is C16H18N4O8. The number of nitrogens with zero attached hydrogens (tertiary/aromatic N) is 3. The normalized spacial score (nSPS) is 13.4. The number of aliphatic hydroxyl groups is 6. The fraction of sp³-hybridized carbons (Fsp3) is 0.312. The Kier molecular flexibility index (Phi) is 5.44. The number of nitrogens with two attached hydrogens (primary N) is 1. The van der Waals surface area contributed by atoms with E-state index >= 15 is 0 Å². The van der Waals surface area contributed by atoms with E-state index in [1.54, 1.807) is 6.07 Å². The van der Waals surface area contributed by atoms with E-state index in [9.17, 15) is 40.7 Å². The number of carboxylic acids is 1. The number of nitrogen functional groups attached to an aromatic ring is 1. The molecule has 0 aliphatic carbocycles. The van der Waals surface area contributed by atoms with Crippen LogP contribution < -0.4 is 5.73 Å². The van der Waals surface area contributed by atoms with Crippen LogP contribution in [0.15, 0.2) is 24.3 Å². The van der Waals surface area contributed by atoms with E-state index in [1.807, 2.05) is 0 Å². The molecular weight excluding hydrogens is 376 g/mol. The van der Waals surface area contributed by atoms with Gasteiger partial charge in [0.25, 0.3) is 0 Å². The van der Waals surface area contributed by atoms with Gasteiger partial charge in [-0.1, -0.05) is 24.3 Å². The van der Waals surface area contributed by atoms with E-state index in [0.29, 0.717) is 5.56 Å². The number of nitriles is 1. The maximum absolute atomic E-state index is 11.0. The van der Waals surface area contributed by atoms with E-state index in [2.05, 4.69) is 5.10 Å². The van der Waals surface area contributed by atoms with Crippen LogP contribution in [-0.2, 0) is 4.79 Å². The van der Waals surface area contributed by atoms with Gasteiger partial charge in [0.2, 0.25) is 6.04 Å². The summed E-state index contributed by atoms with van der Waals surface area (Å²) in [7, 11) is 0. The van der Waals surface area contributed by atoms with Gasteiger partial charge in [-0.2, -0.15) is 10.4 Å². The van der Waals surface area contributed by atoms with Crippen LogP contribution in [0, 0.1) is 11.3 Å². The van der Waals surface area contributed by atoms with E-state index in [0.717, 1.165) is 0 Å². The molecule has 150 valence electrons. The SMILES string of the molecule is CC(C(=O)O)c1ccc(-c2nn(C(C(O)(O)O)C(O)(O)O)c(N)c2C#N)cc1. The summed E-state index contributed by atoms with van der Waals surface area (Å²) in [5, 5.41) is 78.3. The molecule has 0 radical (unpaired) electrons. The third-order valence-electron chi connectivity index (χ3n) is 4.09. The first-order valence-corrected chi connectivity index (χ1v) is 7.74. The zero-order valence-electron chi connectivity index (χ0n) is 14.4. The number of carboxylic acid groups (broad SMARTS) is 1. The molecule has 1 heterocycles. The standard InChI is InChI=1S/C16H18N4O8/c1-7(13(21)22)8-2-4-9(5-3-8)11-10(6-17)12(18)20(19-11)14(15(23,24)25)16(26,27)28/h2-5,7,14,23-28H,18H2,1H3,(H,21,22). The smallest absolute Gasteiger partial charge is 0.310 e. The minimum absolute atomic E-state index is 0.145. The number of aromatic nitrogens is 2. The number of anilines is 1. The van der Waals surface area contributed by atoms with Crippen LogP contribution in [0.4, 0.5) is 5.82 Å². The van der Waals surface area contributed by atoms with E-state index < -0.39 is 35.7 Å². The highest BCUT2D eigenvalue weighted by molar-refractivity contribution is 5.77. The molecule has 9 N–H and O–H groups in total. The van der Waals surface area contributed by atoms with Crippen molar-refractivity contribution in [2.45, 2.75) is 30.8 Å². The lowest BCUT2D eigenvalue weighted by molar-refractivity contribution is -0.431. The van der Waals surface area contributed by atoms with Crippen molar-refractivity contribution in [2.75, 3.05) is 5.73 Å². The summed E-state index contributed by atoms with van der Waals surface area (Å²) in [6.45, 7) is 1.47. The lowest BCUT2D eigenvalue weighted by Crippen LogP contribution is -2.53. The number of rotatable bonds is 6. The van der Waals surface area contributed by atoms with Gasteiger partial charge >= 0.3 is 17.9 Å². The van der Waals surface area contributed by atoms with E-state index in [4.69, 9.17) is 10.8 Å². The second-order valence-corrected chi connectivity index (χ2v) is 6.12. The van der Waals surface area contributed by atoms with Crippen molar-refractivity contribution in [1.29, 1.82) is 5.26 Å². The Labute approximate surface area is 157 Å². The first-order chi connectivity index (χ1) is 12.8. The Morgan fingerprint density at radius 3 is 2.04 bits per heavy atom. The summed E-state index contributed by atoms with van der Waals surface area (Å²) in [6, 6.07) is 4.79. The number of aliphatic carboxylic acids is 1. The molecule has 0 aliphatic heterocycles. The Balaban J connectivity index is 2.61. The average Bonchev–Trinajstić information content (AvgIpc) is 2.88. The molecule has 0 aliphatic rings. The Morgan fingerprint density at radius 1 is 1.14 bits per heavy atom. The third-order valence-corrected chi connectivity index (χ3v) is 4.09. The fourth-order valence-electron chi connectivity index (χ4n) is 2.62. The molecule has 0 saturated heterocycles. The number of hydrogen-bond acceptors (Lipinski definition) is 10. The summed E-state index contributed by atoms with van der Waals surface area (Å²) < 4.78 is 0.279. The highest BCUT2D eigenvalue weighted by Crippen LogP contribution is 2.35. The van der Waals surface area contributed by atoms with Gasteiger partial charge < -0.3 is 41.5 Å². The monoisotopic (exact) mass is 394 g/mol. The largest absolute Gasteiger partial charge is 0.481 e. The van der Waals surface area contributed by atoms with Crippen molar-refractivity contribution < 1.29 is 40.5 Å². The number of carbonyl (C=O) groups is 1. The molecule has 2 rings (SSSR count). The van der Waals surface area contributed by atoms with Crippen LogP contribution in [0.25, 0.3) is 11.3 Å². The molecule has 1 aromatic heterocycles. The highest BCUT2D eigenvalue weighted by Gasteiger charge is 2.51. The van der Waals surface area contributed by atoms with Crippen molar-refractivity contribution in [3.05, 3.63) is 35.4 Å². The van der Waals surface area contributed by atoms with Crippen LogP contribution >= 0.6 is 0 Å². The van der Waals surface area contributed by atoms with E-state index in [-0.39, 0.29) is 21.5 Å². The van der Waals surface area contributed by atoms with Crippen LogP contribution in [0.1, 0.15) is 30.0 Å². The maximum Gasteiger partial charge on any atom is 0.310 e. The van der Waals surface area contributed by atoms with Crippen molar-refractivity contribution in [3.8, 4) is 17.3 Å². The van der Waals surface area contributed by atoms with Crippen LogP contribution in [-0.4, -0.2) is 63.4 Å². The van der Waals surface area contributed by atoms with E-state index in [1.165, 1.54) is 31.2 Å². The summed E-state index contributed by atoms with van der Waals surface area (Å²) >= 11 is 0. The van der Waals surface area contributed by atoms with Crippen molar-refractivity contribution in [1.82, 2.24) is 9.78 Å². The number of hydrogen-bond donors (Lipinski definition) is 8.